The van der Waals surface area contributed by atoms with Crippen LogP contribution in [0.5, 0.6) is 11.5 Å². The number of methoxy groups -OCH3 is 1. The minimum absolute atomic E-state index is 0.225. The number of rotatable bonds is 8. The Morgan fingerprint density at radius 3 is 2.64 bits per heavy atom. The van der Waals surface area contributed by atoms with Gasteiger partial charge >= 0.3 is 0 Å². The van der Waals surface area contributed by atoms with Gasteiger partial charge in [0.15, 0.2) is 11.5 Å². The molecule has 1 N–H and O–H groups in total. The molecule has 0 radical (unpaired) electrons. The van der Waals surface area contributed by atoms with E-state index in [4.69, 9.17) is 9.47 Å². The summed E-state index contributed by atoms with van der Waals surface area (Å²) in [6.45, 7) is 1.85. The average Bonchev–Trinajstić information content (AvgIpc) is 3.12. The molecule has 10 heteroatoms. The van der Waals surface area contributed by atoms with Gasteiger partial charge in [-0.25, -0.2) is 0 Å². The maximum absolute atomic E-state index is 12.9. The van der Waals surface area contributed by atoms with Crippen LogP contribution in [0.1, 0.15) is 16.8 Å². The molecule has 1 aromatic heterocycles. The molecule has 0 aliphatic carbocycles. The highest BCUT2D eigenvalue weighted by molar-refractivity contribution is 14.1. The average molecular weight is 615 g/mol. The summed E-state index contributed by atoms with van der Waals surface area (Å²) in [7, 11) is 1.53. The molecule has 8 nitrogen and oxygen atoms in total. The molecule has 3 amide bonds. The Morgan fingerprint density at radius 1 is 1.17 bits per heavy atom. The summed E-state index contributed by atoms with van der Waals surface area (Å²) in [6.07, 6.45) is 3.30. The number of halogens is 1. The van der Waals surface area contributed by atoms with Crippen molar-refractivity contribution in [1.82, 2.24) is 9.88 Å². The molecule has 184 valence electrons. The van der Waals surface area contributed by atoms with E-state index in [1.54, 1.807) is 30.5 Å². The quantitative estimate of drug-likeness (QED) is 0.273. The molecule has 0 bridgehead atoms. The van der Waals surface area contributed by atoms with E-state index in [9.17, 15) is 14.4 Å². The summed E-state index contributed by atoms with van der Waals surface area (Å²) in [5, 5.41) is 2.21. The minimum Gasteiger partial charge on any atom is -0.493 e. The molecule has 1 aliphatic rings. The molecule has 2 aromatic carbocycles. The Kier molecular flexibility index (Phi) is 8.26. The lowest BCUT2D eigenvalue weighted by molar-refractivity contribution is -0.127. The number of nitrogens with one attached hydrogen (secondary N) is 1. The zero-order valence-electron chi connectivity index (χ0n) is 19.5. The van der Waals surface area contributed by atoms with Crippen LogP contribution in [0.2, 0.25) is 0 Å². The van der Waals surface area contributed by atoms with Gasteiger partial charge in [-0.15, -0.1) is 0 Å². The Bertz CT molecular complexity index is 1330. The third kappa shape index (κ3) is 6.24. The molecule has 0 unspecified atom stereocenters. The van der Waals surface area contributed by atoms with Gasteiger partial charge in [-0.1, -0.05) is 23.8 Å². The van der Waals surface area contributed by atoms with Crippen LogP contribution in [0, 0.1) is 10.5 Å². The van der Waals surface area contributed by atoms with Crippen molar-refractivity contribution in [2.24, 2.45) is 0 Å². The number of hydrogen-bond acceptors (Lipinski definition) is 7. The largest absolute Gasteiger partial charge is 0.493 e. The highest BCUT2D eigenvalue weighted by atomic mass is 127. The molecular formula is C26H22IN3O5S. The molecule has 3 aromatic rings. The molecule has 1 fully saturated rings. The molecule has 2 heterocycles. The number of amides is 3. The number of ether oxygens (including phenoxy) is 2. The van der Waals surface area contributed by atoms with Gasteiger partial charge in [-0.05, 0) is 89.3 Å². The lowest BCUT2D eigenvalue weighted by Crippen LogP contribution is -2.36. The first-order valence-corrected chi connectivity index (χ1v) is 12.8. The van der Waals surface area contributed by atoms with Crippen molar-refractivity contribution in [3.8, 4) is 11.5 Å². The van der Waals surface area contributed by atoms with E-state index in [-0.39, 0.29) is 18.1 Å². The normalized spacial score (nSPS) is 14.3. The second-order valence-corrected chi connectivity index (χ2v) is 9.98. The predicted molar refractivity (Wildman–Crippen MR) is 147 cm³/mol. The maximum atomic E-state index is 12.9. The number of hydrogen-bond donors (Lipinski definition) is 1. The Morgan fingerprint density at radius 2 is 1.94 bits per heavy atom. The van der Waals surface area contributed by atoms with Crippen LogP contribution in [0.4, 0.5) is 10.5 Å². The van der Waals surface area contributed by atoms with Crippen LogP contribution < -0.4 is 14.8 Å². The van der Waals surface area contributed by atoms with E-state index in [1.165, 1.54) is 7.11 Å². The number of anilines is 1. The predicted octanol–water partition coefficient (Wildman–Crippen LogP) is 5.26. The summed E-state index contributed by atoms with van der Waals surface area (Å²) in [5.41, 5.74) is 3.10. The first kappa shape index (κ1) is 25.7. The van der Waals surface area contributed by atoms with Crippen LogP contribution in [0.15, 0.2) is 65.7 Å². The second kappa shape index (κ2) is 11.6. The van der Waals surface area contributed by atoms with Crippen LogP contribution in [0.25, 0.3) is 6.08 Å². The van der Waals surface area contributed by atoms with Gasteiger partial charge < -0.3 is 14.8 Å². The van der Waals surface area contributed by atoms with Gasteiger partial charge in [0.25, 0.3) is 11.1 Å². The van der Waals surface area contributed by atoms with E-state index in [0.717, 1.165) is 31.5 Å². The summed E-state index contributed by atoms with van der Waals surface area (Å²) in [6, 6.07) is 16.4. The van der Waals surface area contributed by atoms with E-state index in [2.05, 4.69) is 32.9 Å². The minimum atomic E-state index is -0.520. The Balaban J connectivity index is 1.46. The number of imide groups is 1. The fourth-order valence-corrected chi connectivity index (χ4v) is 4.98. The summed E-state index contributed by atoms with van der Waals surface area (Å²) >= 11 is 2.92. The van der Waals surface area contributed by atoms with Gasteiger partial charge in [-0.3, -0.25) is 24.3 Å². The number of aryl methyl sites for hydroxylation is 1. The van der Waals surface area contributed by atoms with Crippen LogP contribution in [0.3, 0.4) is 0 Å². The standard InChI is InChI=1S/C26H22IN3O5S/c1-16-6-8-18(9-7-16)29-23(31)14-30-25(32)22(36-26(30)33)13-17-11-20(27)24(21(12-17)34-2)35-15-19-5-3-4-10-28-19/h3-13H,14-15H2,1-2H3,(H,29,31)/b22-13-. The topological polar surface area (TPSA) is 97.8 Å². The summed E-state index contributed by atoms with van der Waals surface area (Å²) < 4.78 is 12.2. The smallest absolute Gasteiger partial charge is 0.294 e. The van der Waals surface area contributed by atoms with Gasteiger partial charge in [0.2, 0.25) is 5.91 Å². The monoisotopic (exact) mass is 615 g/mol. The van der Waals surface area contributed by atoms with Crippen LogP contribution in [-0.4, -0.2) is 40.6 Å². The molecule has 0 saturated carbocycles. The fourth-order valence-electron chi connectivity index (χ4n) is 3.36. The third-order valence-corrected chi connectivity index (χ3v) is 6.86. The van der Waals surface area contributed by atoms with Crippen molar-refractivity contribution in [3.63, 3.8) is 0 Å². The number of pyridine rings is 1. The van der Waals surface area contributed by atoms with Crippen molar-refractivity contribution >= 4 is 63.2 Å². The van der Waals surface area contributed by atoms with Crippen molar-refractivity contribution in [1.29, 1.82) is 0 Å². The number of thioether (sulfide) groups is 1. The molecule has 1 aliphatic heterocycles. The zero-order chi connectivity index (χ0) is 25.7. The van der Waals surface area contributed by atoms with E-state index < -0.39 is 17.1 Å². The summed E-state index contributed by atoms with van der Waals surface area (Å²) in [4.78, 5) is 43.2. The zero-order valence-corrected chi connectivity index (χ0v) is 22.5. The van der Waals surface area contributed by atoms with Gasteiger partial charge in [-0.2, -0.15) is 0 Å². The Labute approximate surface area is 226 Å². The first-order chi connectivity index (χ1) is 17.3. The molecule has 0 atom stereocenters. The van der Waals surface area contributed by atoms with E-state index in [0.29, 0.717) is 22.7 Å². The number of benzene rings is 2. The van der Waals surface area contributed by atoms with Gasteiger partial charge in [0.1, 0.15) is 13.2 Å². The fraction of sp³-hybridized carbons (Fsp3) is 0.154. The highest BCUT2D eigenvalue weighted by Crippen LogP contribution is 2.37. The van der Waals surface area contributed by atoms with Gasteiger partial charge in [0, 0.05) is 11.9 Å². The van der Waals surface area contributed by atoms with Crippen molar-refractivity contribution < 1.29 is 23.9 Å². The third-order valence-electron chi connectivity index (χ3n) is 5.15. The molecule has 36 heavy (non-hydrogen) atoms. The van der Waals surface area contributed by atoms with Crippen molar-refractivity contribution in [3.05, 3.63) is 86.1 Å². The molecular weight excluding hydrogens is 593 g/mol. The van der Waals surface area contributed by atoms with E-state index in [1.807, 2.05) is 43.3 Å². The van der Waals surface area contributed by atoms with E-state index >= 15 is 0 Å². The lowest BCUT2D eigenvalue weighted by Gasteiger charge is -2.14. The first-order valence-electron chi connectivity index (χ1n) is 10.9. The SMILES string of the molecule is COc1cc(/C=C2\SC(=O)N(CC(=O)Nc3ccc(C)cc3)C2=O)cc(I)c1OCc1ccccn1. The summed E-state index contributed by atoms with van der Waals surface area (Å²) in [5.74, 6) is 0.0732. The Hall–Kier alpha value is -3.38. The van der Waals surface area contributed by atoms with Crippen molar-refractivity contribution in [2.45, 2.75) is 13.5 Å². The van der Waals surface area contributed by atoms with Crippen LogP contribution >= 0.6 is 34.4 Å². The number of aromatic nitrogens is 1. The highest BCUT2D eigenvalue weighted by Gasteiger charge is 2.36. The molecule has 0 spiro atoms. The van der Waals surface area contributed by atoms with Gasteiger partial charge in [0.05, 0.1) is 21.3 Å². The number of carbonyl (C=O) groups is 3. The number of carbonyl (C=O) groups excluding carboxylic acids is 3. The van der Waals surface area contributed by atoms with Crippen LogP contribution in [-0.2, 0) is 16.2 Å². The van der Waals surface area contributed by atoms with Crippen molar-refractivity contribution in [2.75, 3.05) is 19.0 Å². The molecule has 4 rings (SSSR count). The molecule has 1 saturated heterocycles. The second-order valence-electron chi connectivity index (χ2n) is 7.83. The maximum Gasteiger partial charge on any atom is 0.294 e. The number of nitrogens with zero attached hydrogens (tertiary/aromatic N) is 2. The lowest BCUT2D eigenvalue weighted by atomic mass is 10.2.